The van der Waals surface area contributed by atoms with E-state index in [1.807, 2.05) is 0 Å². The van der Waals surface area contributed by atoms with E-state index in [2.05, 4.69) is 5.32 Å². The lowest BCUT2D eigenvalue weighted by Crippen LogP contribution is -2.53. The maximum absolute atomic E-state index is 13.5. The standard InChI is InChI=1S/C24H28Cl2F3N3O4S/c1-5-21(23(34)30-15(2)3)31(13-16-6-8-17(25)9-7-16)22(33)14-32(37(4,35)36)18-10-11-20(26)19(12-18)24(27,28)29/h6-12,15,21H,5,13-14H2,1-4H3,(H,30,34). The molecule has 0 aliphatic rings. The molecule has 2 rings (SSSR count). The van der Waals surface area contributed by atoms with Crippen molar-refractivity contribution in [1.29, 1.82) is 0 Å². The summed E-state index contributed by atoms with van der Waals surface area (Å²) >= 11 is 11.6. The maximum Gasteiger partial charge on any atom is 0.417 e. The van der Waals surface area contributed by atoms with Gasteiger partial charge < -0.3 is 10.2 Å². The number of rotatable bonds is 10. The van der Waals surface area contributed by atoms with Crippen molar-refractivity contribution in [3.05, 3.63) is 63.6 Å². The zero-order valence-corrected chi connectivity index (χ0v) is 23.0. The van der Waals surface area contributed by atoms with Crippen LogP contribution in [-0.2, 0) is 32.3 Å². The molecule has 13 heteroatoms. The highest BCUT2D eigenvalue weighted by atomic mass is 35.5. The van der Waals surface area contributed by atoms with Crippen LogP contribution in [0.2, 0.25) is 10.0 Å². The van der Waals surface area contributed by atoms with Crippen LogP contribution in [-0.4, -0.2) is 50.0 Å². The zero-order chi connectivity index (χ0) is 28.1. The predicted molar refractivity (Wildman–Crippen MR) is 138 cm³/mol. The largest absolute Gasteiger partial charge is 0.417 e. The van der Waals surface area contributed by atoms with E-state index < -0.39 is 56.9 Å². The van der Waals surface area contributed by atoms with Gasteiger partial charge in [0.05, 0.1) is 22.5 Å². The van der Waals surface area contributed by atoms with Gasteiger partial charge in [0.25, 0.3) is 0 Å². The van der Waals surface area contributed by atoms with Crippen molar-refractivity contribution in [3.63, 3.8) is 0 Å². The van der Waals surface area contributed by atoms with E-state index in [1.165, 1.54) is 4.90 Å². The number of nitrogens with zero attached hydrogens (tertiary/aromatic N) is 2. The SMILES string of the molecule is CCC(C(=O)NC(C)C)N(Cc1ccc(Cl)cc1)C(=O)CN(c1ccc(Cl)c(C(F)(F)F)c1)S(C)(=O)=O. The lowest BCUT2D eigenvalue weighted by molar-refractivity contribution is -0.140. The summed E-state index contributed by atoms with van der Waals surface area (Å²) in [6.07, 6.45) is -3.87. The first-order valence-electron chi connectivity index (χ1n) is 11.2. The number of amides is 2. The Balaban J connectivity index is 2.52. The van der Waals surface area contributed by atoms with Gasteiger partial charge in [-0.15, -0.1) is 0 Å². The van der Waals surface area contributed by atoms with Crippen LogP contribution in [0, 0.1) is 0 Å². The molecule has 1 atom stereocenters. The quantitative estimate of drug-likeness (QED) is 0.422. The summed E-state index contributed by atoms with van der Waals surface area (Å²) in [6.45, 7) is 4.29. The normalized spacial score (nSPS) is 12.8. The molecule has 0 spiro atoms. The van der Waals surface area contributed by atoms with Crippen LogP contribution in [0.25, 0.3) is 0 Å². The Morgan fingerprint density at radius 3 is 2.14 bits per heavy atom. The number of benzene rings is 2. The van der Waals surface area contributed by atoms with Gasteiger partial charge in [-0.2, -0.15) is 13.2 Å². The molecule has 2 amide bonds. The van der Waals surface area contributed by atoms with E-state index in [1.54, 1.807) is 45.0 Å². The summed E-state index contributed by atoms with van der Waals surface area (Å²) in [6, 6.07) is 7.88. The fourth-order valence-electron chi connectivity index (χ4n) is 3.59. The van der Waals surface area contributed by atoms with Gasteiger partial charge in [-0.05, 0) is 56.2 Å². The molecule has 0 fully saturated rings. The van der Waals surface area contributed by atoms with Gasteiger partial charge in [0.2, 0.25) is 21.8 Å². The van der Waals surface area contributed by atoms with Crippen molar-refractivity contribution < 1.29 is 31.2 Å². The first kappa shape index (κ1) is 30.7. The third-order valence-corrected chi connectivity index (χ3v) is 7.03. The average Bonchev–Trinajstić information content (AvgIpc) is 2.77. The second-order valence-electron chi connectivity index (χ2n) is 8.67. The monoisotopic (exact) mass is 581 g/mol. The highest BCUT2D eigenvalue weighted by Gasteiger charge is 2.36. The van der Waals surface area contributed by atoms with E-state index in [0.717, 1.165) is 18.4 Å². The number of hydrogen-bond acceptors (Lipinski definition) is 4. The van der Waals surface area contributed by atoms with Crippen molar-refractivity contribution in [2.24, 2.45) is 0 Å². The number of nitrogens with one attached hydrogen (secondary N) is 1. The predicted octanol–water partition coefficient (Wildman–Crippen LogP) is 5.11. The Labute approximate surface area is 224 Å². The number of carbonyl (C=O) groups excluding carboxylic acids is 2. The molecule has 204 valence electrons. The van der Waals surface area contributed by atoms with Crippen molar-refractivity contribution >= 4 is 50.7 Å². The molecule has 2 aromatic carbocycles. The van der Waals surface area contributed by atoms with E-state index >= 15 is 0 Å². The highest BCUT2D eigenvalue weighted by molar-refractivity contribution is 7.92. The summed E-state index contributed by atoms with van der Waals surface area (Å²) in [5.74, 6) is -1.23. The van der Waals surface area contributed by atoms with E-state index in [0.29, 0.717) is 21.0 Å². The molecule has 1 unspecified atom stereocenters. The molecular formula is C24H28Cl2F3N3O4S. The average molecular weight is 582 g/mol. The van der Waals surface area contributed by atoms with Crippen LogP contribution < -0.4 is 9.62 Å². The Kier molecular flexibility index (Phi) is 10.3. The van der Waals surface area contributed by atoms with Crippen LogP contribution in [0.3, 0.4) is 0 Å². The van der Waals surface area contributed by atoms with Crippen LogP contribution in [0.1, 0.15) is 38.3 Å². The number of halogens is 5. The third kappa shape index (κ3) is 8.51. The molecule has 0 heterocycles. The number of hydrogen-bond donors (Lipinski definition) is 1. The van der Waals surface area contributed by atoms with Gasteiger partial charge in [-0.1, -0.05) is 42.3 Å². The summed E-state index contributed by atoms with van der Waals surface area (Å²) in [5, 5.41) is 2.59. The molecule has 1 N–H and O–H groups in total. The minimum absolute atomic E-state index is 0.0634. The second-order valence-corrected chi connectivity index (χ2v) is 11.4. The molecule has 2 aromatic rings. The number of sulfonamides is 1. The van der Waals surface area contributed by atoms with Crippen molar-refractivity contribution in [2.45, 2.75) is 52.0 Å². The molecule has 0 saturated carbocycles. The van der Waals surface area contributed by atoms with Crippen molar-refractivity contribution in [2.75, 3.05) is 17.1 Å². The smallest absolute Gasteiger partial charge is 0.352 e. The minimum Gasteiger partial charge on any atom is -0.352 e. The van der Waals surface area contributed by atoms with Crippen LogP contribution in [0.15, 0.2) is 42.5 Å². The van der Waals surface area contributed by atoms with E-state index in [4.69, 9.17) is 23.2 Å². The van der Waals surface area contributed by atoms with Gasteiger partial charge in [0.15, 0.2) is 0 Å². The summed E-state index contributed by atoms with van der Waals surface area (Å²) < 4.78 is 66.0. The summed E-state index contributed by atoms with van der Waals surface area (Å²) in [4.78, 5) is 27.7. The van der Waals surface area contributed by atoms with Gasteiger partial charge in [-0.3, -0.25) is 13.9 Å². The molecular weight excluding hydrogens is 554 g/mol. The first-order chi connectivity index (χ1) is 17.0. The number of anilines is 1. The van der Waals surface area contributed by atoms with Gasteiger partial charge >= 0.3 is 6.18 Å². The van der Waals surface area contributed by atoms with E-state index in [9.17, 15) is 31.2 Å². The zero-order valence-electron chi connectivity index (χ0n) is 20.6. The topological polar surface area (TPSA) is 86.8 Å². The fraction of sp³-hybridized carbons (Fsp3) is 0.417. The Bertz CT molecular complexity index is 1220. The molecule has 37 heavy (non-hydrogen) atoms. The number of alkyl halides is 3. The summed E-state index contributed by atoms with van der Waals surface area (Å²) in [7, 11) is -4.21. The highest BCUT2D eigenvalue weighted by Crippen LogP contribution is 2.37. The van der Waals surface area contributed by atoms with Crippen molar-refractivity contribution in [3.8, 4) is 0 Å². The van der Waals surface area contributed by atoms with Crippen molar-refractivity contribution in [1.82, 2.24) is 10.2 Å². The molecule has 0 saturated heterocycles. The van der Waals surface area contributed by atoms with Gasteiger partial charge in [0.1, 0.15) is 12.6 Å². The van der Waals surface area contributed by atoms with Gasteiger partial charge in [0, 0.05) is 17.6 Å². The van der Waals surface area contributed by atoms with Crippen LogP contribution in [0.4, 0.5) is 18.9 Å². The second kappa shape index (κ2) is 12.4. The van der Waals surface area contributed by atoms with Gasteiger partial charge in [-0.25, -0.2) is 8.42 Å². The lowest BCUT2D eigenvalue weighted by atomic mass is 10.1. The van der Waals surface area contributed by atoms with Crippen LogP contribution in [0.5, 0.6) is 0 Å². The fourth-order valence-corrected chi connectivity index (χ4v) is 4.78. The molecule has 0 bridgehead atoms. The van der Waals surface area contributed by atoms with Crippen LogP contribution >= 0.6 is 23.2 Å². The first-order valence-corrected chi connectivity index (χ1v) is 13.8. The molecule has 7 nitrogen and oxygen atoms in total. The minimum atomic E-state index is -4.84. The Morgan fingerprint density at radius 1 is 1.05 bits per heavy atom. The third-order valence-electron chi connectivity index (χ3n) is 5.31. The maximum atomic E-state index is 13.5. The number of carbonyl (C=O) groups is 2. The Hall–Kier alpha value is -2.50. The Morgan fingerprint density at radius 2 is 1.65 bits per heavy atom. The lowest BCUT2D eigenvalue weighted by Gasteiger charge is -2.33. The molecule has 0 aliphatic carbocycles. The molecule has 0 radical (unpaired) electrons. The molecule has 0 aliphatic heterocycles. The summed E-state index contributed by atoms with van der Waals surface area (Å²) in [5.41, 5.74) is -1.02. The van der Waals surface area contributed by atoms with E-state index in [-0.39, 0.29) is 19.0 Å². The molecule has 0 aromatic heterocycles.